The quantitative estimate of drug-likeness (QED) is 0.385. The summed E-state index contributed by atoms with van der Waals surface area (Å²) in [6, 6.07) is 0. The Hall–Kier alpha value is 1.88. The second-order valence-electron chi connectivity index (χ2n) is 1.84. The number of aliphatic hydroxyl groups is 2. The van der Waals surface area contributed by atoms with Crippen molar-refractivity contribution in [3.63, 3.8) is 0 Å². The van der Waals surface area contributed by atoms with Crippen molar-refractivity contribution in [2.24, 2.45) is 0 Å². The number of hydrogen-bond acceptors (Lipinski definition) is 6. The molecule has 0 rings (SSSR count). The van der Waals surface area contributed by atoms with Crippen molar-refractivity contribution >= 4 is 77.0 Å². The molecule has 0 aromatic rings. The van der Waals surface area contributed by atoms with E-state index in [9.17, 15) is 18.9 Å². The second kappa shape index (κ2) is 13.9. The van der Waals surface area contributed by atoms with Gasteiger partial charge in [-0.15, -0.1) is 23.2 Å². The second-order valence-corrected chi connectivity index (χ2v) is 4.79. The van der Waals surface area contributed by atoms with E-state index in [-0.39, 0.29) is 49.5 Å². The van der Waals surface area contributed by atoms with E-state index in [1.54, 1.807) is 0 Å². The van der Waals surface area contributed by atoms with Crippen LogP contribution in [0, 0.1) is 0 Å². The molecule has 0 fully saturated rings. The van der Waals surface area contributed by atoms with E-state index in [2.05, 4.69) is 0 Å². The standard InChI is InChI=1S/2C2H4ClO3P.Ca/c2*3-1-2(4)7(5)6;/h2*2,4H,1H2;/q;;+2. The summed E-state index contributed by atoms with van der Waals surface area (Å²) in [4.78, 5) is 19.3. The molecule has 0 heterocycles. The van der Waals surface area contributed by atoms with Gasteiger partial charge in [-0.2, -0.15) is 0 Å². The minimum absolute atomic E-state index is 0. The molecule has 2 N–H and O–H groups in total. The fourth-order valence-corrected chi connectivity index (χ4v) is 1.01. The summed E-state index contributed by atoms with van der Waals surface area (Å²) in [6.45, 7) is 0. The van der Waals surface area contributed by atoms with E-state index in [0.29, 0.717) is 0 Å². The molecule has 0 aromatic carbocycles. The van der Waals surface area contributed by atoms with Gasteiger partial charge in [-0.3, -0.25) is 0 Å². The summed E-state index contributed by atoms with van der Waals surface area (Å²) in [5.74, 6) is -3.26. The maximum absolute atomic E-state index is 9.63. The largest absolute Gasteiger partial charge is 2.00 e. The summed E-state index contributed by atoms with van der Waals surface area (Å²) in [6.07, 6.45) is 0. The molecule has 4 atom stereocenters. The van der Waals surface area contributed by atoms with E-state index >= 15 is 0 Å². The van der Waals surface area contributed by atoms with Crippen LogP contribution >= 0.6 is 39.3 Å². The molecule has 4 unspecified atom stereocenters. The van der Waals surface area contributed by atoms with Gasteiger partial charge in [-0.1, -0.05) is 9.13 Å². The minimum atomic E-state index is -2.74. The topological polar surface area (TPSA) is 121 Å². The van der Waals surface area contributed by atoms with Crippen molar-refractivity contribution in [3.05, 3.63) is 0 Å². The molecule has 0 radical (unpaired) electrons. The van der Waals surface area contributed by atoms with E-state index in [1.807, 2.05) is 0 Å². The molecular formula is C4H8CaCl2O6P2+2. The molecule has 0 saturated heterocycles. The van der Waals surface area contributed by atoms with Crippen molar-refractivity contribution < 1.29 is 29.1 Å². The Labute approximate surface area is 128 Å². The van der Waals surface area contributed by atoms with Gasteiger partial charge in [-0.25, -0.2) is 0 Å². The van der Waals surface area contributed by atoms with Gasteiger partial charge in [0.1, 0.15) is 0 Å². The molecule has 0 aromatic heterocycles. The predicted octanol–water partition coefficient (Wildman–Crippen LogP) is -1.09. The molecule has 11 heteroatoms. The Morgan fingerprint density at radius 1 is 1.00 bits per heavy atom. The van der Waals surface area contributed by atoms with Gasteiger partial charge in [0.25, 0.3) is 11.7 Å². The molecule has 6 nitrogen and oxygen atoms in total. The summed E-state index contributed by atoms with van der Waals surface area (Å²) in [7, 11) is -5.48. The Morgan fingerprint density at radius 2 is 1.20 bits per heavy atom. The van der Waals surface area contributed by atoms with Gasteiger partial charge in [0.15, 0.2) is 0 Å². The maximum Gasteiger partial charge on any atom is 2.00 e. The summed E-state index contributed by atoms with van der Waals surface area (Å²) < 4.78 is 19.3. The first kappa shape index (κ1) is 22.1. The number of rotatable bonds is 4. The molecule has 0 saturated carbocycles. The molecule has 0 aliphatic carbocycles. The van der Waals surface area contributed by atoms with Crippen LogP contribution in [-0.2, 0) is 9.13 Å². The van der Waals surface area contributed by atoms with Crippen LogP contribution < -0.4 is 9.79 Å². The van der Waals surface area contributed by atoms with Gasteiger partial charge in [0.2, 0.25) is 0 Å². The van der Waals surface area contributed by atoms with E-state index in [4.69, 9.17) is 33.4 Å². The Kier molecular flexibility index (Phi) is 20.5. The first-order valence-electron chi connectivity index (χ1n) is 3.11. The first-order chi connectivity index (χ1) is 6.36. The Balaban J connectivity index is -0.000000180. The normalized spacial score (nSPS) is 15.1. The van der Waals surface area contributed by atoms with Gasteiger partial charge in [0.05, 0.1) is 11.8 Å². The molecule has 0 spiro atoms. The molecule has 15 heavy (non-hydrogen) atoms. The van der Waals surface area contributed by atoms with Gasteiger partial charge in [0, 0.05) is 0 Å². The molecule has 84 valence electrons. The molecular weight excluding hydrogens is 317 g/mol. The fraction of sp³-hybridized carbons (Fsp3) is 1.00. The van der Waals surface area contributed by atoms with E-state index in [0.717, 1.165) is 0 Å². The average molecular weight is 325 g/mol. The van der Waals surface area contributed by atoms with Crippen molar-refractivity contribution in [3.8, 4) is 0 Å². The van der Waals surface area contributed by atoms with Crippen LogP contribution in [0.4, 0.5) is 0 Å². The molecule has 0 aliphatic heterocycles. The average Bonchev–Trinajstić information content (AvgIpc) is 2.15. The third kappa shape index (κ3) is 15.9. The summed E-state index contributed by atoms with van der Waals surface area (Å²) >= 11 is 9.83. The zero-order valence-corrected chi connectivity index (χ0v) is 13.0. The molecule has 0 aliphatic rings. The van der Waals surface area contributed by atoms with Crippen LogP contribution in [0.25, 0.3) is 0 Å². The van der Waals surface area contributed by atoms with Crippen LogP contribution in [-0.4, -0.2) is 71.4 Å². The fourth-order valence-electron chi connectivity index (χ4n) is 0.113. The summed E-state index contributed by atoms with van der Waals surface area (Å²) in [5.41, 5.74) is 0. The molecule has 0 bridgehead atoms. The third-order valence-electron chi connectivity index (χ3n) is 0.763. The molecule has 0 amide bonds. The first-order valence-corrected chi connectivity index (χ1v) is 6.68. The zero-order valence-electron chi connectivity index (χ0n) is 7.45. The van der Waals surface area contributed by atoms with Crippen molar-refractivity contribution in [2.45, 2.75) is 11.7 Å². The number of aliphatic hydroxyl groups excluding tert-OH is 2. The van der Waals surface area contributed by atoms with Gasteiger partial charge < -0.3 is 20.0 Å². The van der Waals surface area contributed by atoms with Crippen LogP contribution in [0.15, 0.2) is 0 Å². The van der Waals surface area contributed by atoms with E-state index in [1.165, 1.54) is 0 Å². The SMILES string of the molecule is O=[P+]([O-])C(O)CCl.O=[P+]([O-])C(O)CCl.[Ca+2]. The minimum Gasteiger partial charge on any atom is -0.593 e. The van der Waals surface area contributed by atoms with Gasteiger partial charge >= 0.3 is 53.8 Å². The van der Waals surface area contributed by atoms with E-state index < -0.39 is 27.7 Å². The number of alkyl halides is 2. The summed E-state index contributed by atoms with van der Waals surface area (Å²) in [5, 5.41) is 16.4. The Bertz CT molecular complexity index is 176. The van der Waals surface area contributed by atoms with Crippen LogP contribution in [0.5, 0.6) is 0 Å². The number of halogens is 2. The monoisotopic (exact) mass is 324 g/mol. The van der Waals surface area contributed by atoms with Crippen LogP contribution in [0.1, 0.15) is 0 Å². The van der Waals surface area contributed by atoms with Crippen molar-refractivity contribution in [2.75, 3.05) is 11.8 Å². The smallest absolute Gasteiger partial charge is 0.593 e. The van der Waals surface area contributed by atoms with Crippen molar-refractivity contribution in [1.29, 1.82) is 0 Å². The maximum atomic E-state index is 9.63. The zero-order chi connectivity index (χ0) is 11.7. The van der Waals surface area contributed by atoms with Gasteiger partial charge in [-0.05, 0) is 0 Å². The van der Waals surface area contributed by atoms with Crippen molar-refractivity contribution in [1.82, 2.24) is 0 Å². The Morgan fingerprint density at radius 3 is 1.20 bits per heavy atom. The van der Waals surface area contributed by atoms with Crippen LogP contribution in [0.2, 0.25) is 0 Å². The van der Waals surface area contributed by atoms with Crippen LogP contribution in [0.3, 0.4) is 0 Å². The predicted molar refractivity (Wildman–Crippen MR) is 54.4 cm³/mol. The third-order valence-corrected chi connectivity index (χ3v) is 3.12. The number of hydrogen-bond donors (Lipinski definition) is 2.